The summed E-state index contributed by atoms with van der Waals surface area (Å²) in [6.07, 6.45) is 0. The van der Waals surface area contributed by atoms with Gasteiger partial charge in [-0.2, -0.15) is 0 Å². The van der Waals surface area contributed by atoms with Crippen molar-refractivity contribution in [2.24, 2.45) is 0 Å². The minimum Gasteiger partial charge on any atom is -0.310 e. The van der Waals surface area contributed by atoms with Gasteiger partial charge in [-0.05, 0) is 158 Å². The van der Waals surface area contributed by atoms with Crippen molar-refractivity contribution in [2.45, 2.75) is 36.0 Å². The van der Waals surface area contributed by atoms with Gasteiger partial charge in [0.15, 0.2) is 0 Å². The van der Waals surface area contributed by atoms with E-state index in [1.165, 1.54) is 157 Å². The first-order chi connectivity index (χ1) is 43.3. The lowest BCUT2D eigenvalue weighted by atomic mass is 9.34. The number of rotatable bonds is 7. The molecule has 5 heterocycles. The molecule has 0 atom stereocenters. The van der Waals surface area contributed by atoms with Crippen LogP contribution in [-0.2, 0) is 5.41 Å². The molecule has 0 bridgehead atoms. The van der Waals surface area contributed by atoms with Crippen molar-refractivity contribution in [3.05, 3.63) is 291 Å². The van der Waals surface area contributed by atoms with Crippen molar-refractivity contribution < 1.29 is 0 Å². The van der Waals surface area contributed by atoms with Gasteiger partial charge in [-0.25, -0.2) is 0 Å². The Hall–Kier alpha value is -10.1. The summed E-state index contributed by atoms with van der Waals surface area (Å²) in [5, 5.41) is 7.62. The molecule has 414 valence electrons. The van der Waals surface area contributed by atoms with Crippen LogP contribution in [0.5, 0.6) is 0 Å². The highest BCUT2D eigenvalue weighted by atomic mass is 32.2. The lowest BCUT2D eigenvalue weighted by Crippen LogP contribution is -2.59. The predicted octanol–water partition coefficient (Wildman–Crippen LogP) is 21.0. The van der Waals surface area contributed by atoms with Crippen LogP contribution in [0.1, 0.15) is 26.3 Å². The van der Waals surface area contributed by atoms with E-state index in [2.05, 4.69) is 320 Å². The average molecular weight is 1160 g/mol. The van der Waals surface area contributed by atoms with Crippen molar-refractivity contribution in [2.75, 3.05) is 4.90 Å². The number of hydrogen-bond donors (Lipinski definition) is 0. The molecule has 0 unspecified atom stereocenters. The molecule has 6 heteroatoms. The van der Waals surface area contributed by atoms with Crippen LogP contribution < -0.4 is 21.3 Å². The first-order valence-electron chi connectivity index (χ1n) is 30.5. The topological polar surface area (TPSA) is 13.1 Å². The summed E-state index contributed by atoms with van der Waals surface area (Å²) in [6.45, 7) is 6.99. The average Bonchev–Trinajstić information content (AvgIpc) is 1.06. The second-order valence-corrected chi connectivity index (χ2v) is 26.9. The molecule has 16 aromatic rings. The summed E-state index contributed by atoms with van der Waals surface area (Å²) in [7, 11) is 0. The molecular formula is C82H56BN3S2. The second kappa shape index (κ2) is 19.7. The number of hydrogen-bond acceptors (Lipinski definition) is 3. The van der Waals surface area contributed by atoms with Crippen LogP contribution in [0.4, 0.5) is 17.1 Å². The Labute approximate surface area is 520 Å². The quantitative estimate of drug-likeness (QED) is 0.148. The fourth-order valence-electron chi connectivity index (χ4n) is 14.6. The third kappa shape index (κ3) is 7.85. The smallest absolute Gasteiger partial charge is 0.249 e. The van der Waals surface area contributed by atoms with Gasteiger partial charge >= 0.3 is 0 Å². The zero-order chi connectivity index (χ0) is 58.4. The van der Waals surface area contributed by atoms with E-state index in [4.69, 9.17) is 0 Å². The van der Waals surface area contributed by atoms with Crippen LogP contribution in [0.3, 0.4) is 0 Å². The zero-order valence-electron chi connectivity index (χ0n) is 48.9. The Morgan fingerprint density at radius 3 is 1.42 bits per heavy atom. The molecule has 0 spiro atoms. The van der Waals surface area contributed by atoms with Crippen molar-refractivity contribution in [1.82, 2.24) is 9.13 Å². The summed E-state index contributed by atoms with van der Waals surface area (Å²) >= 11 is 3.88. The van der Waals surface area contributed by atoms with E-state index in [-0.39, 0.29) is 12.1 Å². The number of benzene rings is 13. The lowest BCUT2D eigenvalue weighted by molar-refractivity contribution is 0.591. The van der Waals surface area contributed by atoms with Gasteiger partial charge in [-0.15, -0.1) is 11.3 Å². The monoisotopic (exact) mass is 1160 g/mol. The van der Waals surface area contributed by atoms with Crippen LogP contribution in [0.2, 0.25) is 0 Å². The highest BCUT2D eigenvalue weighted by molar-refractivity contribution is 8.00. The van der Waals surface area contributed by atoms with E-state index in [1.54, 1.807) is 0 Å². The number of para-hydroxylation sites is 4. The molecule has 13 aromatic carbocycles. The summed E-state index contributed by atoms with van der Waals surface area (Å²) < 4.78 is 7.48. The fourth-order valence-corrected chi connectivity index (χ4v) is 17.1. The van der Waals surface area contributed by atoms with Gasteiger partial charge in [0, 0.05) is 85.4 Å². The molecule has 0 amide bonds. The first-order valence-corrected chi connectivity index (χ1v) is 32.1. The predicted molar refractivity (Wildman–Crippen MR) is 378 cm³/mol. The molecule has 0 saturated carbocycles. The maximum absolute atomic E-state index is 2.71. The minimum atomic E-state index is -0.148. The van der Waals surface area contributed by atoms with Gasteiger partial charge in [0.25, 0.3) is 0 Å². The van der Waals surface area contributed by atoms with Crippen LogP contribution in [0, 0.1) is 0 Å². The molecule has 2 aliphatic rings. The van der Waals surface area contributed by atoms with Crippen molar-refractivity contribution >= 4 is 127 Å². The fraction of sp³-hybridized carbons (Fsp3) is 0.0488. The van der Waals surface area contributed by atoms with Crippen molar-refractivity contribution in [3.63, 3.8) is 0 Å². The van der Waals surface area contributed by atoms with E-state index in [9.17, 15) is 0 Å². The number of nitrogens with zero attached hydrogens (tertiary/aromatic N) is 3. The standard InChI is InChI=1S/C82H56BN3S2/c1-82(2,3)57-49-63(51-22-8-4-9-23-51)80(64(50-57)52-24-10-5-11-25-52)86-73-46-55(53-37-41-71-65(44-53)60-30-16-19-33-69(60)84(71)58-26-12-6-13-27-58)36-39-67(73)83-68-40-43-76-78(62-32-18-21-35-75(62)87-76)81(68)88-77-48-56(47-74(86)79(77)83)54-38-42-72-66(45-54)61-31-17-20-34-70(61)85(72)59-28-14-7-15-29-59/h4-50H,1-3H3. The SMILES string of the molecule is CC(C)(C)c1cc(-c2ccccc2)c(N2c3cc(-c4ccc5c(c4)c4ccccc4n5-c4ccccc4)ccc3B3c4ccc5sc6ccccc6c5c4Sc4cc(-c5ccc6c(c5)c5ccccc5n6-c5ccccc5)cc2c43)c(-c2ccccc2)c1. The van der Waals surface area contributed by atoms with Gasteiger partial charge in [-0.1, -0.05) is 220 Å². The van der Waals surface area contributed by atoms with Crippen LogP contribution in [-0.4, -0.2) is 15.8 Å². The molecule has 2 aliphatic heterocycles. The summed E-state index contributed by atoms with van der Waals surface area (Å²) in [4.78, 5) is 5.34. The number of aromatic nitrogens is 2. The normalized spacial score (nSPS) is 12.9. The Balaban J connectivity index is 0.958. The molecule has 0 aliphatic carbocycles. The summed E-state index contributed by atoms with van der Waals surface area (Å²) in [5.41, 5.74) is 25.2. The van der Waals surface area contributed by atoms with Crippen LogP contribution in [0.15, 0.2) is 295 Å². The van der Waals surface area contributed by atoms with E-state index < -0.39 is 0 Å². The first kappa shape index (κ1) is 51.1. The van der Waals surface area contributed by atoms with Crippen LogP contribution >= 0.6 is 23.1 Å². The minimum absolute atomic E-state index is 0.0643. The Morgan fingerprint density at radius 1 is 0.352 bits per heavy atom. The van der Waals surface area contributed by atoms with Gasteiger partial charge in [-0.3, -0.25) is 0 Å². The molecule has 3 aromatic heterocycles. The molecule has 0 fully saturated rings. The van der Waals surface area contributed by atoms with Crippen LogP contribution in [0.25, 0.3) is 120 Å². The number of anilines is 3. The van der Waals surface area contributed by atoms with Gasteiger partial charge in [0.1, 0.15) is 0 Å². The largest absolute Gasteiger partial charge is 0.310 e. The van der Waals surface area contributed by atoms with Crippen molar-refractivity contribution in [3.8, 4) is 55.9 Å². The zero-order valence-corrected chi connectivity index (χ0v) is 50.5. The lowest BCUT2D eigenvalue weighted by Gasteiger charge is -2.42. The maximum atomic E-state index is 2.71. The molecule has 0 N–H and O–H groups in total. The van der Waals surface area contributed by atoms with Gasteiger partial charge in [0.2, 0.25) is 6.71 Å². The van der Waals surface area contributed by atoms with Crippen molar-refractivity contribution in [1.29, 1.82) is 0 Å². The summed E-state index contributed by atoms with van der Waals surface area (Å²) in [5.74, 6) is 0. The van der Waals surface area contributed by atoms with Gasteiger partial charge < -0.3 is 14.0 Å². The Kier molecular flexibility index (Phi) is 11.5. The highest BCUT2D eigenvalue weighted by Gasteiger charge is 2.43. The summed E-state index contributed by atoms with van der Waals surface area (Å²) in [6, 6.07) is 107. The van der Waals surface area contributed by atoms with E-state index >= 15 is 0 Å². The van der Waals surface area contributed by atoms with E-state index in [0.29, 0.717) is 0 Å². The maximum Gasteiger partial charge on any atom is 0.249 e. The number of thiophene rings is 1. The Morgan fingerprint density at radius 2 is 0.830 bits per heavy atom. The Bertz CT molecular complexity index is 5460. The highest BCUT2D eigenvalue weighted by Crippen LogP contribution is 2.53. The molecule has 3 nitrogen and oxygen atoms in total. The van der Waals surface area contributed by atoms with Gasteiger partial charge in [0.05, 0.1) is 27.8 Å². The third-order valence-corrected chi connectivity index (χ3v) is 21.0. The molecule has 18 rings (SSSR count). The number of fused-ring (bicyclic) bond motifs is 14. The molecule has 0 radical (unpaired) electrons. The van der Waals surface area contributed by atoms with E-state index in [0.717, 1.165) is 11.4 Å². The molecule has 0 saturated heterocycles. The van der Waals surface area contributed by atoms with E-state index in [1.807, 2.05) is 23.1 Å². The molecule has 88 heavy (non-hydrogen) atoms. The second-order valence-electron chi connectivity index (χ2n) is 24.7. The third-order valence-electron chi connectivity index (χ3n) is 18.7. The molecular weight excluding hydrogens is 1100 g/mol.